The molecule has 0 aromatic heterocycles. The van der Waals surface area contributed by atoms with Gasteiger partial charge in [0.05, 0.1) is 10.8 Å². The lowest BCUT2D eigenvalue weighted by Crippen LogP contribution is -2.41. The molecule has 0 aliphatic carbocycles. The fourth-order valence-electron chi connectivity index (χ4n) is 2.90. The maximum absolute atomic E-state index is 12.6. The second kappa shape index (κ2) is 5.98. The summed E-state index contributed by atoms with van der Waals surface area (Å²) in [4.78, 5) is 1.03. The van der Waals surface area contributed by atoms with Gasteiger partial charge in [-0.15, -0.1) is 0 Å². The molecule has 1 N–H and O–H groups in total. The molecule has 0 spiro atoms. The van der Waals surface area contributed by atoms with Gasteiger partial charge in [-0.25, -0.2) is 0 Å². The zero-order chi connectivity index (χ0) is 15.0. The van der Waals surface area contributed by atoms with Crippen molar-refractivity contribution in [3.8, 4) is 0 Å². The summed E-state index contributed by atoms with van der Waals surface area (Å²) in [7, 11) is -0.887. The third kappa shape index (κ3) is 2.84. The molecule has 3 heteroatoms. The SMILES string of the molecule is CC(C)NC1c2cc(C(C)C)ccc2S(=O)C(C)C1C. The lowest BCUT2D eigenvalue weighted by molar-refractivity contribution is 0.343. The van der Waals surface area contributed by atoms with Gasteiger partial charge in [-0.05, 0) is 29.0 Å². The molecular weight excluding hydrogens is 266 g/mol. The van der Waals surface area contributed by atoms with Gasteiger partial charge < -0.3 is 5.32 Å². The van der Waals surface area contributed by atoms with Crippen molar-refractivity contribution >= 4 is 10.8 Å². The highest BCUT2D eigenvalue weighted by Crippen LogP contribution is 2.39. The molecule has 0 saturated carbocycles. The number of hydrogen-bond donors (Lipinski definition) is 1. The van der Waals surface area contributed by atoms with Crippen molar-refractivity contribution in [2.45, 2.75) is 69.7 Å². The molecule has 112 valence electrons. The van der Waals surface area contributed by atoms with Crippen LogP contribution in [0.5, 0.6) is 0 Å². The Bertz CT molecular complexity index is 510. The van der Waals surface area contributed by atoms with E-state index in [-0.39, 0.29) is 5.25 Å². The second-order valence-corrected chi connectivity index (χ2v) is 8.39. The highest BCUT2D eigenvalue weighted by atomic mass is 32.2. The van der Waals surface area contributed by atoms with Gasteiger partial charge in [-0.1, -0.05) is 53.7 Å². The molecule has 4 atom stereocenters. The minimum atomic E-state index is -0.887. The Morgan fingerprint density at radius 1 is 1.15 bits per heavy atom. The predicted molar refractivity (Wildman–Crippen MR) is 86.6 cm³/mol. The molecule has 0 radical (unpaired) electrons. The first-order valence-electron chi connectivity index (χ1n) is 7.63. The molecule has 0 bridgehead atoms. The van der Waals surface area contributed by atoms with Crippen LogP contribution in [0.2, 0.25) is 0 Å². The summed E-state index contributed by atoms with van der Waals surface area (Å²) in [6.07, 6.45) is 0. The zero-order valence-electron chi connectivity index (χ0n) is 13.4. The Labute approximate surface area is 125 Å². The van der Waals surface area contributed by atoms with Crippen LogP contribution >= 0.6 is 0 Å². The average Bonchev–Trinajstić information content (AvgIpc) is 2.40. The largest absolute Gasteiger partial charge is 0.307 e. The summed E-state index contributed by atoms with van der Waals surface area (Å²) in [6.45, 7) is 13.1. The van der Waals surface area contributed by atoms with E-state index in [2.05, 4.69) is 65.1 Å². The summed E-state index contributed by atoms with van der Waals surface area (Å²) >= 11 is 0. The maximum Gasteiger partial charge on any atom is 0.0564 e. The lowest BCUT2D eigenvalue weighted by Gasteiger charge is -2.37. The van der Waals surface area contributed by atoms with E-state index >= 15 is 0 Å². The van der Waals surface area contributed by atoms with Crippen molar-refractivity contribution in [2.24, 2.45) is 5.92 Å². The summed E-state index contributed by atoms with van der Waals surface area (Å²) in [6, 6.07) is 7.21. The van der Waals surface area contributed by atoms with Gasteiger partial charge in [-0.2, -0.15) is 0 Å². The van der Waals surface area contributed by atoms with E-state index in [0.29, 0.717) is 23.9 Å². The van der Waals surface area contributed by atoms with Crippen molar-refractivity contribution < 1.29 is 4.21 Å². The first-order valence-corrected chi connectivity index (χ1v) is 8.84. The van der Waals surface area contributed by atoms with Crippen LogP contribution in [-0.4, -0.2) is 15.5 Å². The van der Waals surface area contributed by atoms with Gasteiger partial charge >= 0.3 is 0 Å². The standard InChI is InChI=1S/C17H27NOS/c1-10(2)14-7-8-16-15(9-14)17(18-11(3)4)12(5)13(6)20(16)19/h7-13,17-18H,1-6H3. The second-order valence-electron chi connectivity index (χ2n) is 6.61. The molecule has 0 saturated heterocycles. The molecule has 2 rings (SSSR count). The van der Waals surface area contributed by atoms with Gasteiger partial charge in [0.2, 0.25) is 0 Å². The number of rotatable bonds is 3. The van der Waals surface area contributed by atoms with Crippen LogP contribution in [0.3, 0.4) is 0 Å². The molecule has 2 nitrogen and oxygen atoms in total. The van der Waals surface area contributed by atoms with E-state index in [0.717, 1.165) is 4.90 Å². The third-order valence-electron chi connectivity index (χ3n) is 4.37. The molecule has 20 heavy (non-hydrogen) atoms. The molecule has 0 fully saturated rings. The Kier molecular flexibility index (Phi) is 4.70. The minimum Gasteiger partial charge on any atom is -0.307 e. The molecule has 1 aliphatic rings. The lowest BCUT2D eigenvalue weighted by atomic mass is 9.88. The fourth-order valence-corrected chi connectivity index (χ4v) is 4.47. The van der Waals surface area contributed by atoms with E-state index in [1.165, 1.54) is 11.1 Å². The maximum atomic E-state index is 12.6. The minimum absolute atomic E-state index is 0.198. The van der Waals surface area contributed by atoms with Crippen LogP contribution in [0.1, 0.15) is 64.6 Å². The number of benzene rings is 1. The summed E-state index contributed by atoms with van der Waals surface area (Å²) < 4.78 is 12.6. The fraction of sp³-hybridized carbons (Fsp3) is 0.647. The summed E-state index contributed by atoms with van der Waals surface area (Å²) in [5.41, 5.74) is 2.58. The average molecular weight is 293 g/mol. The van der Waals surface area contributed by atoms with Crippen molar-refractivity contribution in [3.05, 3.63) is 29.3 Å². The predicted octanol–water partition coefficient (Wildman–Crippen LogP) is 3.99. The number of fused-ring (bicyclic) bond motifs is 1. The highest BCUT2D eigenvalue weighted by molar-refractivity contribution is 7.85. The van der Waals surface area contributed by atoms with Crippen molar-refractivity contribution in [1.82, 2.24) is 5.32 Å². The molecule has 4 unspecified atom stereocenters. The van der Waals surface area contributed by atoms with Crippen LogP contribution in [0.25, 0.3) is 0 Å². The molecule has 1 aliphatic heterocycles. The Balaban J connectivity index is 2.52. The van der Waals surface area contributed by atoms with Crippen LogP contribution in [0.15, 0.2) is 23.1 Å². The molecule has 1 heterocycles. The summed E-state index contributed by atoms with van der Waals surface area (Å²) in [5.74, 6) is 0.885. The van der Waals surface area contributed by atoms with Crippen LogP contribution in [0, 0.1) is 5.92 Å². The molecular formula is C17H27NOS. The molecule has 1 aromatic carbocycles. The quantitative estimate of drug-likeness (QED) is 0.913. The van der Waals surface area contributed by atoms with E-state index in [9.17, 15) is 4.21 Å². The first kappa shape index (κ1) is 15.7. The van der Waals surface area contributed by atoms with Gasteiger partial charge in [0.25, 0.3) is 0 Å². The number of nitrogens with one attached hydrogen (secondary N) is 1. The van der Waals surface area contributed by atoms with Gasteiger partial charge in [0.15, 0.2) is 0 Å². The van der Waals surface area contributed by atoms with E-state index in [1.54, 1.807) is 0 Å². The monoisotopic (exact) mass is 293 g/mol. The van der Waals surface area contributed by atoms with Crippen LogP contribution in [-0.2, 0) is 10.8 Å². The third-order valence-corrected chi connectivity index (χ3v) is 6.28. The van der Waals surface area contributed by atoms with Crippen molar-refractivity contribution in [3.63, 3.8) is 0 Å². The smallest absolute Gasteiger partial charge is 0.0564 e. The van der Waals surface area contributed by atoms with Gasteiger partial charge in [0.1, 0.15) is 0 Å². The zero-order valence-corrected chi connectivity index (χ0v) is 14.3. The van der Waals surface area contributed by atoms with Crippen LogP contribution in [0.4, 0.5) is 0 Å². The van der Waals surface area contributed by atoms with Gasteiger partial charge in [0, 0.05) is 22.2 Å². The Morgan fingerprint density at radius 3 is 2.35 bits per heavy atom. The Hall–Kier alpha value is -0.670. The van der Waals surface area contributed by atoms with Gasteiger partial charge in [-0.3, -0.25) is 4.21 Å². The van der Waals surface area contributed by atoms with Crippen LogP contribution < -0.4 is 5.32 Å². The first-order chi connectivity index (χ1) is 9.32. The van der Waals surface area contributed by atoms with E-state index < -0.39 is 10.8 Å². The summed E-state index contributed by atoms with van der Waals surface area (Å²) in [5, 5.41) is 3.87. The van der Waals surface area contributed by atoms with Crippen molar-refractivity contribution in [1.29, 1.82) is 0 Å². The Morgan fingerprint density at radius 2 is 1.80 bits per heavy atom. The van der Waals surface area contributed by atoms with E-state index in [1.807, 2.05) is 0 Å². The molecule has 1 aromatic rings. The highest BCUT2D eigenvalue weighted by Gasteiger charge is 2.36. The van der Waals surface area contributed by atoms with E-state index in [4.69, 9.17) is 0 Å². The number of hydrogen-bond acceptors (Lipinski definition) is 2. The normalized spacial score (nSPS) is 29.8. The topological polar surface area (TPSA) is 29.1 Å². The molecule has 0 amide bonds. The van der Waals surface area contributed by atoms with Crippen molar-refractivity contribution in [2.75, 3.05) is 0 Å².